The molecule has 7 heteroatoms. The maximum Gasteiger partial charge on any atom is 0.125 e. The summed E-state index contributed by atoms with van der Waals surface area (Å²) in [6.07, 6.45) is 3.34. The Bertz CT molecular complexity index is 536. The fraction of sp³-hybridized carbons (Fsp3) is 0.273. The largest absolute Gasteiger partial charge is 0.218 e. The highest BCUT2D eigenvalue weighted by Gasteiger charge is 2.12. The van der Waals surface area contributed by atoms with Crippen LogP contribution in [0.25, 0.3) is 5.69 Å². The van der Waals surface area contributed by atoms with Crippen LogP contribution in [0.2, 0.25) is 5.02 Å². The molecular formula is C11H9BrCl2FN3. The first-order valence-electron chi connectivity index (χ1n) is 5.24. The van der Waals surface area contributed by atoms with E-state index in [1.807, 2.05) is 0 Å². The molecule has 0 saturated carbocycles. The number of hydrogen-bond acceptors (Lipinski definition) is 2. The third-order valence-corrected chi connectivity index (χ3v) is 3.48. The fourth-order valence-electron chi connectivity index (χ4n) is 1.52. The van der Waals surface area contributed by atoms with Crippen molar-refractivity contribution in [1.29, 1.82) is 0 Å². The van der Waals surface area contributed by atoms with Crippen LogP contribution in [0, 0.1) is 5.82 Å². The molecule has 0 bridgehead atoms. The SMILES string of the molecule is Fc1cc(Cl)c(-n2cc(CCCCl)nn2)c(Br)c1. The summed E-state index contributed by atoms with van der Waals surface area (Å²) in [5.41, 5.74) is 1.39. The van der Waals surface area contributed by atoms with E-state index in [0.29, 0.717) is 16.0 Å². The summed E-state index contributed by atoms with van der Waals surface area (Å²) in [4.78, 5) is 0. The van der Waals surface area contributed by atoms with E-state index < -0.39 is 5.82 Å². The van der Waals surface area contributed by atoms with Crippen LogP contribution in [0.5, 0.6) is 0 Å². The Hall–Kier alpha value is -0.650. The molecule has 1 heterocycles. The molecule has 18 heavy (non-hydrogen) atoms. The molecule has 0 amide bonds. The van der Waals surface area contributed by atoms with Crippen molar-refractivity contribution in [1.82, 2.24) is 15.0 Å². The highest BCUT2D eigenvalue weighted by Crippen LogP contribution is 2.29. The summed E-state index contributed by atoms with van der Waals surface area (Å²) in [7, 11) is 0. The normalized spacial score (nSPS) is 10.9. The van der Waals surface area contributed by atoms with Gasteiger partial charge >= 0.3 is 0 Å². The summed E-state index contributed by atoms with van der Waals surface area (Å²) < 4.78 is 15.2. The van der Waals surface area contributed by atoms with Gasteiger partial charge in [-0.2, -0.15) is 0 Å². The Morgan fingerprint density at radius 1 is 1.39 bits per heavy atom. The number of halogens is 4. The molecule has 0 aliphatic heterocycles. The maximum atomic E-state index is 13.1. The predicted octanol–water partition coefficient (Wildman–Crippen LogP) is 3.99. The van der Waals surface area contributed by atoms with Crippen molar-refractivity contribution in [2.45, 2.75) is 12.8 Å². The van der Waals surface area contributed by atoms with Crippen molar-refractivity contribution in [2.24, 2.45) is 0 Å². The average Bonchev–Trinajstić information content (AvgIpc) is 2.73. The van der Waals surface area contributed by atoms with Gasteiger partial charge in [-0.1, -0.05) is 16.8 Å². The van der Waals surface area contributed by atoms with E-state index >= 15 is 0 Å². The number of aromatic nitrogens is 3. The van der Waals surface area contributed by atoms with Crippen LogP contribution >= 0.6 is 39.1 Å². The monoisotopic (exact) mass is 351 g/mol. The van der Waals surface area contributed by atoms with E-state index in [9.17, 15) is 4.39 Å². The third-order valence-electron chi connectivity index (χ3n) is 2.32. The summed E-state index contributed by atoms with van der Waals surface area (Å²) in [6.45, 7) is 0. The van der Waals surface area contributed by atoms with Gasteiger partial charge in [0.25, 0.3) is 0 Å². The van der Waals surface area contributed by atoms with Crippen LogP contribution in [-0.2, 0) is 6.42 Å². The van der Waals surface area contributed by atoms with Gasteiger partial charge in [-0.3, -0.25) is 0 Å². The summed E-state index contributed by atoms with van der Waals surface area (Å²) in [5, 5.41) is 8.27. The van der Waals surface area contributed by atoms with Crippen LogP contribution in [-0.4, -0.2) is 20.9 Å². The zero-order valence-corrected chi connectivity index (χ0v) is 12.3. The van der Waals surface area contributed by atoms with Crippen LogP contribution in [0.1, 0.15) is 12.1 Å². The first-order valence-corrected chi connectivity index (χ1v) is 6.94. The molecule has 3 nitrogen and oxygen atoms in total. The number of rotatable bonds is 4. The Morgan fingerprint density at radius 3 is 2.83 bits per heavy atom. The third kappa shape index (κ3) is 3.02. The van der Waals surface area contributed by atoms with Gasteiger partial charge in [0.05, 0.1) is 22.6 Å². The van der Waals surface area contributed by atoms with Crippen LogP contribution in [0.4, 0.5) is 4.39 Å². The molecule has 96 valence electrons. The van der Waals surface area contributed by atoms with Crippen molar-refractivity contribution in [3.63, 3.8) is 0 Å². The maximum absolute atomic E-state index is 13.1. The van der Waals surface area contributed by atoms with Crippen LogP contribution in [0.15, 0.2) is 22.8 Å². The molecule has 2 aromatic rings. The van der Waals surface area contributed by atoms with E-state index in [4.69, 9.17) is 23.2 Å². The Morgan fingerprint density at radius 2 is 2.17 bits per heavy atom. The van der Waals surface area contributed by atoms with Crippen molar-refractivity contribution < 1.29 is 4.39 Å². The van der Waals surface area contributed by atoms with Crippen molar-refractivity contribution in [3.8, 4) is 5.69 Å². The second-order valence-corrected chi connectivity index (χ2v) is 5.30. The number of alkyl halides is 1. The Kier molecular flexibility index (Phi) is 4.59. The Balaban J connectivity index is 2.34. The number of hydrogen-bond donors (Lipinski definition) is 0. The lowest BCUT2D eigenvalue weighted by Gasteiger charge is -2.06. The van der Waals surface area contributed by atoms with Gasteiger partial charge < -0.3 is 0 Å². The number of aryl methyl sites for hydroxylation is 1. The van der Waals surface area contributed by atoms with Crippen LogP contribution in [0.3, 0.4) is 0 Å². The molecule has 0 atom stereocenters. The number of benzene rings is 1. The highest BCUT2D eigenvalue weighted by atomic mass is 79.9. The van der Waals surface area contributed by atoms with Crippen LogP contribution < -0.4 is 0 Å². The zero-order valence-electron chi connectivity index (χ0n) is 9.21. The molecule has 1 aromatic heterocycles. The van der Waals surface area contributed by atoms with Crippen molar-refractivity contribution >= 4 is 39.1 Å². The van der Waals surface area contributed by atoms with E-state index in [-0.39, 0.29) is 5.02 Å². The molecule has 2 rings (SSSR count). The predicted molar refractivity (Wildman–Crippen MR) is 73.1 cm³/mol. The van der Waals surface area contributed by atoms with E-state index in [0.717, 1.165) is 18.5 Å². The lowest BCUT2D eigenvalue weighted by Crippen LogP contribution is -1.98. The first kappa shape index (κ1) is 13.8. The van der Waals surface area contributed by atoms with Gasteiger partial charge in [0.15, 0.2) is 0 Å². The Labute approximate surface area is 122 Å². The molecule has 0 fully saturated rings. The molecule has 1 aromatic carbocycles. The van der Waals surface area contributed by atoms with Gasteiger partial charge in [0.2, 0.25) is 0 Å². The highest BCUT2D eigenvalue weighted by molar-refractivity contribution is 9.10. The molecule has 0 saturated heterocycles. The summed E-state index contributed by atoms with van der Waals surface area (Å²) in [6, 6.07) is 2.57. The van der Waals surface area contributed by atoms with Gasteiger partial charge in [-0.15, -0.1) is 16.7 Å². The van der Waals surface area contributed by atoms with E-state index in [1.54, 1.807) is 6.20 Å². The topological polar surface area (TPSA) is 30.7 Å². The minimum Gasteiger partial charge on any atom is -0.218 e. The minimum atomic E-state index is -0.405. The smallest absolute Gasteiger partial charge is 0.125 e. The molecule has 0 aliphatic rings. The molecule has 0 aliphatic carbocycles. The molecule has 0 N–H and O–H groups in total. The standard InChI is InChI=1S/C11H9BrCl2FN3/c12-9-4-7(15)5-10(14)11(9)18-6-8(16-17-18)2-1-3-13/h4-6H,1-3H2. The number of nitrogens with zero attached hydrogens (tertiary/aromatic N) is 3. The lowest BCUT2D eigenvalue weighted by molar-refractivity contribution is 0.625. The van der Waals surface area contributed by atoms with Gasteiger partial charge in [-0.25, -0.2) is 9.07 Å². The zero-order chi connectivity index (χ0) is 13.1. The van der Waals surface area contributed by atoms with E-state index in [2.05, 4.69) is 26.2 Å². The molecular weight excluding hydrogens is 344 g/mol. The lowest BCUT2D eigenvalue weighted by atomic mass is 10.2. The molecule has 0 spiro atoms. The van der Waals surface area contributed by atoms with E-state index in [1.165, 1.54) is 16.8 Å². The second kappa shape index (κ2) is 5.99. The van der Waals surface area contributed by atoms with Crippen molar-refractivity contribution in [3.05, 3.63) is 39.3 Å². The van der Waals surface area contributed by atoms with Gasteiger partial charge in [-0.05, 0) is 40.9 Å². The molecule has 0 radical (unpaired) electrons. The van der Waals surface area contributed by atoms with Gasteiger partial charge in [0.1, 0.15) is 5.82 Å². The fourth-order valence-corrected chi connectivity index (χ4v) is 2.68. The van der Waals surface area contributed by atoms with Crippen molar-refractivity contribution in [2.75, 3.05) is 5.88 Å². The quantitative estimate of drug-likeness (QED) is 0.779. The summed E-state index contributed by atoms with van der Waals surface area (Å²) >= 11 is 14.9. The first-order chi connectivity index (χ1) is 8.61. The minimum absolute atomic E-state index is 0.274. The van der Waals surface area contributed by atoms with Gasteiger partial charge in [0, 0.05) is 10.4 Å². The molecule has 0 unspecified atom stereocenters. The summed E-state index contributed by atoms with van der Waals surface area (Å²) in [5.74, 6) is 0.173. The second-order valence-electron chi connectivity index (χ2n) is 3.67. The average molecular weight is 353 g/mol.